The number of carbonyl (C=O) groups is 1. The SMILES string of the molecule is CC1CCN(C(=O)Cn2c(COc3ccc(C(C)C)cc3)nc3ccccc32)CC1. The summed E-state index contributed by atoms with van der Waals surface area (Å²) in [6, 6.07) is 16.2. The van der Waals surface area contributed by atoms with Gasteiger partial charge in [0, 0.05) is 13.1 Å². The Morgan fingerprint density at radius 3 is 2.50 bits per heavy atom. The second kappa shape index (κ2) is 8.90. The van der Waals surface area contributed by atoms with Crippen molar-refractivity contribution in [1.82, 2.24) is 14.5 Å². The molecule has 2 heterocycles. The topological polar surface area (TPSA) is 47.4 Å². The van der Waals surface area contributed by atoms with Crippen LogP contribution in [0.4, 0.5) is 0 Å². The number of hydrogen-bond donors (Lipinski definition) is 0. The summed E-state index contributed by atoms with van der Waals surface area (Å²) in [6.45, 7) is 8.95. The van der Waals surface area contributed by atoms with Crippen LogP contribution in [-0.2, 0) is 17.9 Å². The van der Waals surface area contributed by atoms with Gasteiger partial charge in [0.05, 0.1) is 11.0 Å². The van der Waals surface area contributed by atoms with Crippen LogP contribution in [0.1, 0.15) is 50.9 Å². The van der Waals surface area contributed by atoms with Crippen LogP contribution in [0.5, 0.6) is 5.75 Å². The molecule has 0 atom stereocenters. The van der Waals surface area contributed by atoms with Crippen molar-refractivity contribution in [3.05, 3.63) is 59.9 Å². The van der Waals surface area contributed by atoms with Gasteiger partial charge in [-0.25, -0.2) is 4.98 Å². The third-order valence-electron chi connectivity index (χ3n) is 6.08. The zero-order valence-corrected chi connectivity index (χ0v) is 18.2. The van der Waals surface area contributed by atoms with Gasteiger partial charge in [-0.3, -0.25) is 4.79 Å². The molecule has 0 saturated carbocycles. The molecule has 1 aromatic heterocycles. The number of nitrogens with zero attached hydrogens (tertiary/aromatic N) is 3. The largest absolute Gasteiger partial charge is 0.486 e. The Morgan fingerprint density at radius 1 is 1.10 bits per heavy atom. The number of aromatic nitrogens is 2. The molecule has 0 unspecified atom stereocenters. The minimum absolute atomic E-state index is 0.160. The van der Waals surface area contributed by atoms with Gasteiger partial charge in [-0.15, -0.1) is 0 Å². The van der Waals surface area contributed by atoms with E-state index in [9.17, 15) is 4.79 Å². The summed E-state index contributed by atoms with van der Waals surface area (Å²) in [5, 5.41) is 0. The van der Waals surface area contributed by atoms with Crippen LogP contribution in [0.25, 0.3) is 11.0 Å². The number of para-hydroxylation sites is 2. The number of benzene rings is 2. The van der Waals surface area contributed by atoms with E-state index in [-0.39, 0.29) is 5.91 Å². The zero-order chi connectivity index (χ0) is 21.1. The highest BCUT2D eigenvalue weighted by Crippen LogP contribution is 2.22. The maximum Gasteiger partial charge on any atom is 0.242 e. The van der Waals surface area contributed by atoms with Crippen LogP contribution in [0, 0.1) is 5.92 Å². The molecule has 158 valence electrons. The first-order valence-corrected chi connectivity index (χ1v) is 11.0. The number of amides is 1. The molecule has 30 heavy (non-hydrogen) atoms. The van der Waals surface area contributed by atoms with Crippen molar-refractivity contribution in [3.8, 4) is 5.75 Å². The highest BCUT2D eigenvalue weighted by molar-refractivity contribution is 5.81. The first-order valence-electron chi connectivity index (χ1n) is 11.0. The van der Waals surface area contributed by atoms with Crippen molar-refractivity contribution in [2.75, 3.05) is 13.1 Å². The van der Waals surface area contributed by atoms with Gasteiger partial charge < -0.3 is 14.2 Å². The Labute approximate surface area is 178 Å². The summed E-state index contributed by atoms with van der Waals surface area (Å²) in [7, 11) is 0. The highest BCUT2D eigenvalue weighted by atomic mass is 16.5. The average Bonchev–Trinajstić information content (AvgIpc) is 3.10. The molecule has 5 heteroatoms. The van der Waals surface area contributed by atoms with E-state index < -0.39 is 0 Å². The Kier molecular flexibility index (Phi) is 6.07. The van der Waals surface area contributed by atoms with E-state index in [1.54, 1.807) is 0 Å². The van der Waals surface area contributed by atoms with Crippen molar-refractivity contribution in [2.45, 2.75) is 52.7 Å². The van der Waals surface area contributed by atoms with E-state index in [1.807, 2.05) is 45.9 Å². The third-order valence-corrected chi connectivity index (χ3v) is 6.08. The molecule has 0 bridgehead atoms. The van der Waals surface area contributed by atoms with Gasteiger partial charge in [0.1, 0.15) is 24.7 Å². The Bertz CT molecular complexity index is 999. The first kappa shape index (κ1) is 20.5. The third kappa shape index (κ3) is 4.50. The van der Waals surface area contributed by atoms with Crippen molar-refractivity contribution >= 4 is 16.9 Å². The second-order valence-corrected chi connectivity index (χ2v) is 8.68. The van der Waals surface area contributed by atoms with E-state index in [1.165, 1.54) is 5.56 Å². The molecule has 3 aromatic rings. The predicted octanol–water partition coefficient (Wildman–Crippen LogP) is 5.00. The standard InChI is InChI=1S/C25H31N3O2/c1-18(2)20-8-10-21(11-9-20)30-17-24-26-22-6-4-5-7-23(22)28(24)16-25(29)27-14-12-19(3)13-15-27/h4-11,18-19H,12-17H2,1-3H3. The van der Waals surface area contributed by atoms with Gasteiger partial charge in [-0.05, 0) is 54.5 Å². The van der Waals surface area contributed by atoms with Crippen LogP contribution < -0.4 is 4.74 Å². The normalized spacial score (nSPS) is 15.1. The number of hydrogen-bond acceptors (Lipinski definition) is 3. The quantitative estimate of drug-likeness (QED) is 0.580. The lowest BCUT2D eigenvalue weighted by atomic mass is 9.99. The molecule has 1 fully saturated rings. The summed E-state index contributed by atoms with van der Waals surface area (Å²) in [5.74, 6) is 2.95. The van der Waals surface area contributed by atoms with Crippen LogP contribution in [-0.4, -0.2) is 33.4 Å². The highest BCUT2D eigenvalue weighted by Gasteiger charge is 2.22. The van der Waals surface area contributed by atoms with Crippen LogP contribution in [0.15, 0.2) is 48.5 Å². The molecule has 2 aromatic carbocycles. The molecule has 0 aliphatic carbocycles. The predicted molar refractivity (Wildman–Crippen MR) is 120 cm³/mol. The molecule has 5 nitrogen and oxygen atoms in total. The zero-order valence-electron chi connectivity index (χ0n) is 18.2. The van der Waals surface area contributed by atoms with E-state index >= 15 is 0 Å². The maximum atomic E-state index is 13.0. The molecule has 1 aliphatic rings. The Hall–Kier alpha value is -2.82. The molecule has 1 amide bonds. The van der Waals surface area contributed by atoms with Gasteiger partial charge >= 0.3 is 0 Å². The molecule has 0 spiro atoms. The number of piperidine rings is 1. The number of carbonyl (C=O) groups excluding carboxylic acids is 1. The lowest BCUT2D eigenvalue weighted by molar-refractivity contribution is -0.133. The summed E-state index contributed by atoms with van der Waals surface area (Å²) < 4.78 is 8.04. The number of likely N-dealkylation sites (tertiary alicyclic amines) is 1. The number of rotatable bonds is 6. The lowest BCUT2D eigenvalue weighted by Gasteiger charge is -2.30. The monoisotopic (exact) mass is 405 g/mol. The van der Waals surface area contributed by atoms with Crippen molar-refractivity contribution < 1.29 is 9.53 Å². The summed E-state index contributed by atoms with van der Waals surface area (Å²) in [4.78, 5) is 19.7. The van der Waals surface area contributed by atoms with Crippen molar-refractivity contribution in [2.24, 2.45) is 5.92 Å². The van der Waals surface area contributed by atoms with Crippen LogP contribution >= 0.6 is 0 Å². The Balaban J connectivity index is 1.52. The Morgan fingerprint density at radius 2 is 1.80 bits per heavy atom. The molecule has 0 N–H and O–H groups in total. The van der Waals surface area contributed by atoms with Gasteiger partial charge in [0.15, 0.2) is 0 Å². The fraction of sp³-hybridized carbons (Fsp3) is 0.440. The number of fused-ring (bicyclic) bond motifs is 1. The molecular weight excluding hydrogens is 374 g/mol. The second-order valence-electron chi connectivity index (χ2n) is 8.68. The minimum atomic E-state index is 0.160. The maximum absolute atomic E-state index is 13.0. The van der Waals surface area contributed by atoms with Gasteiger partial charge in [0.2, 0.25) is 5.91 Å². The summed E-state index contributed by atoms with van der Waals surface area (Å²) >= 11 is 0. The lowest BCUT2D eigenvalue weighted by Crippen LogP contribution is -2.40. The molecule has 1 saturated heterocycles. The van der Waals surface area contributed by atoms with E-state index in [4.69, 9.17) is 9.72 Å². The summed E-state index contributed by atoms with van der Waals surface area (Å²) in [6.07, 6.45) is 2.16. The van der Waals surface area contributed by atoms with Gasteiger partial charge in [0.25, 0.3) is 0 Å². The van der Waals surface area contributed by atoms with Gasteiger partial charge in [-0.1, -0.05) is 45.0 Å². The average molecular weight is 406 g/mol. The molecule has 0 radical (unpaired) electrons. The summed E-state index contributed by atoms with van der Waals surface area (Å²) in [5.41, 5.74) is 3.16. The number of ether oxygens (including phenoxy) is 1. The van der Waals surface area contributed by atoms with E-state index in [0.717, 1.165) is 48.5 Å². The van der Waals surface area contributed by atoms with Gasteiger partial charge in [-0.2, -0.15) is 0 Å². The van der Waals surface area contributed by atoms with E-state index in [0.29, 0.717) is 25.0 Å². The minimum Gasteiger partial charge on any atom is -0.486 e. The van der Waals surface area contributed by atoms with E-state index in [2.05, 4.69) is 32.9 Å². The number of imidazole rings is 1. The van der Waals surface area contributed by atoms with Crippen molar-refractivity contribution in [1.29, 1.82) is 0 Å². The van der Waals surface area contributed by atoms with Crippen LogP contribution in [0.2, 0.25) is 0 Å². The molecule has 1 aliphatic heterocycles. The fourth-order valence-electron chi connectivity index (χ4n) is 4.00. The van der Waals surface area contributed by atoms with Crippen LogP contribution in [0.3, 0.4) is 0 Å². The smallest absolute Gasteiger partial charge is 0.242 e. The molecular formula is C25H31N3O2. The van der Waals surface area contributed by atoms with Crippen molar-refractivity contribution in [3.63, 3.8) is 0 Å². The first-order chi connectivity index (χ1) is 14.5. The fourth-order valence-corrected chi connectivity index (χ4v) is 4.00. The molecule has 4 rings (SSSR count).